The second kappa shape index (κ2) is 4.90. The number of carbonyl (C=O) groups is 2. The van der Waals surface area contributed by atoms with Crippen LogP contribution in [0.25, 0.3) is 0 Å². The summed E-state index contributed by atoms with van der Waals surface area (Å²) in [6, 6.07) is -0.750. The van der Waals surface area contributed by atoms with E-state index in [2.05, 4.69) is 14.5 Å². The Kier molecular flexibility index (Phi) is 4.05. The van der Waals surface area contributed by atoms with Crippen molar-refractivity contribution in [3.63, 3.8) is 0 Å². The molecule has 86 valence electrons. The minimum absolute atomic E-state index is 0.0712. The molecule has 15 heavy (non-hydrogen) atoms. The third-order valence-electron chi connectivity index (χ3n) is 2.90. The first-order valence-electron chi connectivity index (χ1n) is 5.05. The van der Waals surface area contributed by atoms with Gasteiger partial charge in [-0.3, -0.25) is 14.7 Å². The molecule has 1 heterocycles. The molecule has 0 spiro atoms. The maximum Gasteiger partial charge on any atom is 0.240 e. The zero-order chi connectivity index (χ0) is 11.6. The van der Waals surface area contributed by atoms with Crippen molar-refractivity contribution in [1.82, 2.24) is 9.99 Å². The number of nitrogens with one attached hydrogen (secondary N) is 1. The maximum absolute atomic E-state index is 11.9. The van der Waals surface area contributed by atoms with E-state index < -0.39 is 11.9 Å². The maximum atomic E-state index is 11.9. The highest BCUT2D eigenvalue weighted by atomic mass is 31.0. The van der Waals surface area contributed by atoms with Crippen molar-refractivity contribution >= 4 is 21.2 Å². The molecule has 0 saturated carbocycles. The summed E-state index contributed by atoms with van der Waals surface area (Å²) in [7, 11) is 2.30. The van der Waals surface area contributed by atoms with Crippen molar-refractivity contribution in [3.05, 3.63) is 0 Å². The second-order valence-electron chi connectivity index (χ2n) is 4.03. The van der Waals surface area contributed by atoms with Crippen LogP contribution in [0.15, 0.2) is 0 Å². The van der Waals surface area contributed by atoms with Crippen LogP contribution in [0.3, 0.4) is 0 Å². The Bertz CT molecular complexity index is 272. The van der Waals surface area contributed by atoms with E-state index in [0.717, 1.165) is 6.42 Å². The molecule has 1 aliphatic rings. The van der Waals surface area contributed by atoms with Gasteiger partial charge in [0.1, 0.15) is 6.04 Å². The average molecular weight is 231 g/mol. The van der Waals surface area contributed by atoms with E-state index in [1.54, 1.807) is 11.8 Å². The van der Waals surface area contributed by atoms with Crippen molar-refractivity contribution in [2.24, 2.45) is 11.7 Å². The highest BCUT2D eigenvalue weighted by Gasteiger charge is 2.39. The summed E-state index contributed by atoms with van der Waals surface area (Å²) in [6.07, 6.45) is 0.836. The SMILES string of the molecule is CC(NP)C(=O)N1CCC(C)C1C(N)=O. The smallest absolute Gasteiger partial charge is 0.240 e. The van der Waals surface area contributed by atoms with Crippen LogP contribution in [0.5, 0.6) is 0 Å². The minimum Gasteiger partial charge on any atom is -0.368 e. The van der Waals surface area contributed by atoms with E-state index in [1.165, 1.54) is 0 Å². The lowest BCUT2D eigenvalue weighted by Gasteiger charge is -2.26. The Labute approximate surface area is 92.0 Å². The third kappa shape index (κ3) is 2.47. The fourth-order valence-corrected chi connectivity index (χ4v) is 2.09. The number of hydrogen-bond donors (Lipinski definition) is 2. The van der Waals surface area contributed by atoms with Crippen LogP contribution in [0.4, 0.5) is 0 Å². The molecule has 0 aromatic heterocycles. The van der Waals surface area contributed by atoms with Gasteiger partial charge in [-0.2, -0.15) is 0 Å². The first-order valence-corrected chi connectivity index (χ1v) is 5.62. The van der Waals surface area contributed by atoms with Gasteiger partial charge in [-0.15, -0.1) is 0 Å². The fraction of sp³-hybridized carbons (Fsp3) is 0.778. The quantitative estimate of drug-likeness (QED) is 0.641. The molecule has 1 fully saturated rings. The average Bonchev–Trinajstić information content (AvgIpc) is 2.57. The predicted molar refractivity (Wildman–Crippen MR) is 60.8 cm³/mol. The normalized spacial score (nSPS) is 27.8. The van der Waals surface area contributed by atoms with Crippen molar-refractivity contribution < 1.29 is 9.59 Å². The van der Waals surface area contributed by atoms with Crippen LogP contribution in [0.2, 0.25) is 0 Å². The Hall–Kier alpha value is -0.670. The number of rotatable bonds is 3. The number of hydrogen-bond acceptors (Lipinski definition) is 3. The molecule has 1 aliphatic heterocycles. The van der Waals surface area contributed by atoms with E-state index in [0.29, 0.717) is 6.54 Å². The molecule has 6 heteroatoms. The first kappa shape index (κ1) is 12.4. The van der Waals surface area contributed by atoms with E-state index >= 15 is 0 Å². The van der Waals surface area contributed by atoms with E-state index in [1.807, 2.05) is 6.92 Å². The van der Waals surface area contributed by atoms with Crippen molar-refractivity contribution in [1.29, 1.82) is 0 Å². The van der Waals surface area contributed by atoms with Crippen LogP contribution in [0.1, 0.15) is 20.3 Å². The molecule has 4 unspecified atom stereocenters. The van der Waals surface area contributed by atoms with Crippen LogP contribution in [-0.2, 0) is 9.59 Å². The lowest BCUT2D eigenvalue weighted by atomic mass is 10.0. The molecular formula is C9H18N3O2P. The van der Waals surface area contributed by atoms with Crippen LogP contribution in [0, 0.1) is 5.92 Å². The van der Waals surface area contributed by atoms with Gasteiger partial charge < -0.3 is 10.6 Å². The molecular weight excluding hydrogens is 213 g/mol. The van der Waals surface area contributed by atoms with E-state index in [4.69, 9.17) is 5.73 Å². The topological polar surface area (TPSA) is 75.4 Å². The molecule has 1 rings (SSSR count). The molecule has 4 atom stereocenters. The van der Waals surface area contributed by atoms with Gasteiger partial charge in [0, 0.05) is 6.54 Å². The lowest BCUT2D eigenvalue weighted by Crippen LogP contribution is -2.50. The summed E-state index contributed by atoms with van der Waals surface area (Å²) >= 11 is 0. The molecule has 5 nitrogen and oxygen atoms in total. The van der Waals surface area contributed by atoms with E-state index in [-0.39, 0.29) is 17.9 Å². The first-order chi connectivity index (χ1) is 6.99. The largest absolute Gasteiger partial charge is 0.368 e. The number of amides is 2. The van der Waals surface area contributed by atoms with Crippen molar-refractivity contribution in [3.8, 4) is 0 Å². The second-order valence-corrected chi connectivity index (χ2v) is 4.37. The van der Waals surface area contributed by atoms with Gasteiger partial charge in [0.05, 0.1) is 6.04 Å². The van der Waals surface area contributed by atoms with Crippen LogP contribution < -0.4 is 10.8 Å². The predicted octanol–water partition coefficient (Wildman–Crippen LogP) is -0.523. The molecule has 0 aromatic carbocycles. The molecule has 3 N–H and O–H groups in total. The highest BCUT2D eigenvalue weighted by molar-refractivity contribution is 7.13. The molecule has 1 saturated heterocycles. The zero-order valence-electron chi connectivity index (χ0n) is 9.06. The van der Waals surface area contributed by atoms with Crippen LogP contribution in [-0.4, -0.2) is 35.3 Å². The van der Waals surface area contributed by atoms with Gasteiger partial charge >= 0.3 is 0 Å². The number of nitrogens with zero attached hydrogens (tertiary/aromatic N) is 1. The van der Waals surface area contributed by atoms with Gasteiger partial charge in [-0.05, 0) is 19.3 Å². The van der Waals surface area contributed by atoms with Crippen molar-refractivity contribution in [2.45, 2.75) is 32.4 Å². The number of nitrogens with two attached hydrogens (primary N) is 1. The summed E-state index contributed by atoms with van der Waals surface area (Å²) in [4.78, 5) is 24.7. The van der Waals surface area contributed by atoms with Crippen LogP contribution >= 0.6 is 9.39 Å². The standard InChI is InChI=1S/C9H18N3O2P/c1-5-3-4-12(7(5)8(10)13)9(14)6(2)11-15/h5-7,11H,3-4,15H2,1-2H3,(H2,10,13). The summed E-state index contributed by atoms with van der Waals surface area (Å²) < 4.78 is 0. The Morgan fingerprint density at radius 2 is 2.20 bits per heavy atom. The number of likely N-dealkylation sites (tertiary alicyclic amines) is 1. The van der Waals surface area contributed by atoms with E-state index in [9.17, 15) is 9.59 Å². The summed E-state index contributed by atoms with van der Waals surface area (Å²) in [5.74, 6) is -0.328. The molecule has 0 radical (unpaired) electrons. The third-order valence-corrected chi connectivity index (χ3v) is 3.40. The molecule has 0 aromatic rings. The fourth-order valence-electron chi connectivity index (χ4n) is 1.95. The van der Waals surface area contributed by atoms with Crippen molar-refractivity contribution in [2.75, 3.05) is 6.54 Å². The number of primary amides is 1. The van der Waals surface area contributed by atoms with Gasteiger partial charge in [0.2, 0.25) is 11.8 Å². The van der Waals surface area contributed by atoms with Gasteiger partial charge in [0.15, 0.2) is 0 Å². The molecule has 2 amide bonds. The Morgan fingerprint density at radius 1 is 1.60 bits per heavy atom. The van der Waals surface area contributed by atoms with Gasteiger partial charge in [0.25, 0.3) is 0 Å². The van der Waals surface area contributed by atoms with Gasteiger partial charge in [-0.1, -0.05) is 16.3 Å². The lowest BCUT2D eigenvalue weighted by molar-refractivity contribution is -0.139. The summed E-state index contributed by atoms with van der Waals surface area (Å²) in [5.41, 5.74) is 5.30. The molecule has 0 aliphatic carbocycles. The zero-order valence-corrected chi connectivity index (χ0v) is 10.2. The summed E-state index contributed by atoms with van der Waals surface area (Å²) in [6.45, 7) is 4.32. The Balaban J connectivity index is 2.77. The number of carbonyl (C=O) groups excluding carboxylic acids is 2. The van der Waals surface area contributed by atoms with Gasteiger partial charge in [-0.25, -0.2) is 0 Å². The monoisotopic (exact) mass is 231 g/mol. The summed E-state index contributed by atoms with van der Waals surface area (Å²) in [5, 5.41) is 2.79. The minimum atomic E-state index is -0.446. The Morgan fingerprint density at radius 3 is 2.67 bits per heavy atom. The highest BCUT2D eigenvalue weighted by Crippen LogP contribution is 2.24. The molecule has 0 bridgehead atoms.